The lowest BCUT2D eigenvalue weighted by atomic mass is 9.71. The molecular formula is C18H22O7. The predicted octanol–water partition coefficient (Wildman–Crippen LogP) is 1.21. The Hall–Kier alpha value is -1.70. The van der Waals surface area contributed by atoms with Crippen molar-refractivity contribution < 1.29 is 33.9 Å². The number of fused-ring (bicyclic) bond motifs is 1. The molecule has 25 heavy (non-hydrogen) atoms. The Morgan fingerprint density at radius 3 is 2.72 bits per heavy atom. The van der Waals surface area contributed by atoms with Crippen LogP contribution in [-0.2, 0) is 28.8 Å². The first-order chi connectivity index (χ1) is 11.7. The molecule has 0 aromatic heterocycles. The van der Waals surface area contributed by atoms with Gasteiger partial charge in [-0.25, -0.2) is 14.6 Å². The summed E-state index contributed by atoms with van der Waals surface area (Å²) >= 11 is 0. The summed E-state index contributed by atoms with van der Waals surface area (Å²) in [6, 6.07) is 0. The van der Waals surface area contributed by atoms with Crippen LogP contribution >= 0.6 is 0 Å². The molecule has 0 aromatic carbocycles. The minimum atomic E-state index is -1.39. The van der Waals surface area contributed by atoms with Crippen molar-refractivity contribution in [3.05, 3.63) is 24.3 Å². The van der Waals surface area contributed by atoms with Crippen molar-refractivity contribution in [2.75, 3.05) is 0 Å². The molecule has 4 aliphatic rings. The van der Waals surface area contributed by atoms with E-state index >= 15 is 0 Å². The van der Waals surface area contributed by atoms with Gasteiger partial charge < -0.3 is 14.6 Å². The maximum Gasteiger partial charge on any atom is 0.334 e. The van der Waals surface area contributed by atoms with Gasteiger partial charge in [0.25, 0.3) is 0 Å². The third kappa shape index (κ3) is 1.97. The van der Waals surface area contributed by atoms with Crippen LogP contribution in [0.1, 0.15) is 33.6 Å². The van der Waals surface area contributed by atoms with Crippen molar-refractivity contribution >= 4 is 11.9 Å². The summed E-state index contributed by atoms with van der Waals surface area (Å²) in [7, 11) is 0. The van der Waals surface area contributed by atoms with Crippen LogP contribution in [0.4, 0.5) is 0 Å². The summed E-state index contributed by atoms with van der Waals surface area (Å²) in [4.78, 5) is 35.2. The Balaban J connectivity index is 1.83. The van der Waals surface area contributed by atoms with E-state index in [4.69, 9.17) is 19.2 Å². The second kappa shape index (κ2) is 4.93. The molecule has 0 radical (unpaired) electrons. The van der Waals surface area contributed by atoms with Gasteiger partial charge in [-0.2, -0.15) is 0 Å². The molecule has 3 fully saturated rings. The fraction of sp³-hybridized carbons (Fsp3) is 0.667. The van der Waals surface area contributed by atoms with E-state index in [-0.39, 0.29) is 18.4 Å². The standard InChI is InChI=1S/C18H22O7/c1-5-11(19)22-10-8-17(4,21)18-7-6-16(3,24-25-18)14(18)13-12(10)9(2)15(20)23-13/h6-7,10,12-14,21H,2,5,8H2,1,3-4H3/t10-,12+,13-,14-,16+,17+,18-/m0/s1. The van der Waals surface area contributed by atoms with Gasteiger partial charge >= 0.3 is 11.9 Å². The van der Waals surface area contributed by atoms with Crippen molar-refractivity contribution in [1.82, 2.24) is 0 Å². The Bertz CT molecular complexity index is 696. The van der Waals surface area contributed by atoms with E-state index in [1.165, 1.54) is 0 Å². The zero-order chi connectivity index (χ0) is 18.2. The van der Waals surface area contributed by atoms with Crippen molar-refractivity contribution in [3.8, 4) is 0 Å². The highest BCUT2D eigenvalue weighted by molar-refractivity contribution is 5.91. The summed E-state index contributed by atoms with van der Waals surface area (Å²) in [6.07, 6.45) is 2.50. The second-order valence-electron chi connectivity index (χ2n) is 7.74. The highest BCUT2D eigenvalue weighted by Gasteiger charge is 2.75. The molecular weight excluding hydrogens is 328 g/mol. The highest BCUT2D eigenvalue weighted by atomic mass is 17.2. The average molecular weight is 350 g/mol. The molecule has 0 spiro atoms. The maximum absolute atomic E-state index is 12.2. The number of carbonyl (C=O) groups is 2. The van der Waals surface area contributed by atoms with E-state index in [2.05, 4.69) is 6.58 Å². The number of hydrogen-bond donors (Lipinski definition) is 1. The SMILES string of the molecule is C=C1C(=O)O[C@H]2[C@H]1[C@@H](OC(=O)CC)C[C@@](C)(O)[C@@]13C=C[C@@](C)(OO1)[C@H]23. The fourth-order valence-corrected chi connectivity index (χ4v) is 4.78. The van der Waals surface area contributed by atoms with Crippen LogP contribution < -0.4 is 0 Å². The first-order valence-corrected chi connectivity index (χ1v) is 8.54. The van der Waals surface area contributed by atoms with E-state index in [1.807, 2.05) is 13.0 Å². The fourth-order valence-electron chi connectivity index (χ4n) is 4.78. The lowest BCUT2D eigenvalue weighted by Gasteiger charge is -2.40. The third-order valence-corrected chi connectivity index (χ3v) is 6.10. The minimum Gasteiger partial charge on any atom is -0.461 e. The van der Waals surface area contributed by atoms with Gasteiger partial charge in [-0.15, -0.1) is 0 Å². The molecule has 0 amide bonds. The van der Waals surface area contributed by atoms with Crippen LogP contribution in [0.15, 0.2) is 24.3 Å². The molecule has 136 valence electrons. The van der Waals surface area contributed by atoms with Gasteiger partial charge in [-0.3, -0.25) is 4.79 Å². The van der Waals surface area contributed by atoms with Crippen LogP contribution in [0.2, 0.25) is 0 Å². The molecule has 7 nitrogen and oxygen atoms in total. The van der Waals surface area contributed by atoms with Gasteiger partial charge in [0.1, 0.15) is 23.4 Å². The normalized spacial score (nSPS) is 50.2. The van der Waals surface area contributed by atoms with Crippen molar-refractivity contribution in [1.29, 1.82) is 0 Å². The Morgan fingerprint density at radius 2 is 2.12 bits per heavy atom. The van der Waals surface area contributed by atoms with Crippen molar-refractivity contribution in [2.45, 2.75) is 62.6 Å². The van der Waals surface area contributed by atoms with Crippen LogP contribution in [0.25, 0.3) is 0 Å². The van der Waals surface area contributed by atoms with Gasteiger partial charge in [0, 0.05) is 18.4 Å². The molecule has 2 bridgehead atoms. The molecule has 7 atom stereocenters. The summed E-state index contributed by atoms with van der Waals surface area (Å²) in [5, 5.41) is 11.3. The lowest BCUT2D eigenvalue weighted by molar-refractivity contribution is -0.361. The number of hydrogen-bond acceptors (Lipinski definition) is 7. The quantitative estimate of drug-likeness (QED) is 0.346. The highest BCUT2D eigenvalue weighted by Crippen LogP contribution is 2.61. The van der Waals surface area contributed by atoms with Gasteiger partial charge in [-0.05, 0) is 19.9 Å². The summed E-state index contributed by atoms with van der Waals surface area (Å²) in [5.41, 5.74) is -3.16. The first kappa shape index (κ1) is 16.8. The topological polar surface area (TPSA) is 91.3 Å². The molecule has 1 saturated carbocycles. The average Bonchev–Trinajstić information content (AvgIpc) is 3.10. The van der Waals surface area contributed by atoms with Gasteiger partial charge in [0.15, 0.2) is 5.60 Å². The number of aliphatic hydroxyl groups is 1. The zero-order valence-corrected chi connectivity index (χ0v) is 14.5. The van der Waals surface area contributed by atoms with Crippen LogP contribution in [0, 0.1) is 11.8 Å². The molecule has 2 heterocycles. The predicted molar refractivity (Wildman–Crippen MR) is 83.9 cm³/mol. The Morgan fingerprint density at radius 1 is 1.40 bits per heavy atom. The van der Waals surface area contributed by atoms with Gasteiger partial charge in [0.2, 0.25) is 0 Å². The van der Waals surface area contributed by atoms with Crippen LogP contribution in [0.5, 0.6) is 0 Å². The molecule has 4 rings (SSSR count). The van der Waals surface area contributed by atoms with E-state index in [0.29, 0.717) is 0 Å². The summed E-state index contributed by atoms with van der Waals surface area (Å²) < 4.78 is 11.2. The first-order valence-electron chi connectivity index (χ1n) is 8.54. The number of rotatable bonds is 2. The summed E-state index contributed by atoms with van der Waals surface area (Å²) in [5.74, 6) is -1.93. The number of esters is 2. The molecule has 1 N–H and O–H groups in total. The Kier molecular flexibility index (Phi) is 3.30. The lowest BCUT2D eigenvalue weighted by Crippen LogP contribution is -2.56. The largest absolute Gasteiger partial charge is 0.461 e. The van der Waals surface area contributed by atoms with Crippen molar-refractivity contribution in [3.63, 3.8) is 0 Å². The van der Waals surface area contributed by atoms with Crippen LogP contribution in [0.3, 0.4) is 0 Å². The van der Waals surface area contributed by atoms with Crippen LogP contribution in [-0.4, -0.2) is 46.1 Å². The number of carbonyl (C=O) groups excluding carboxylic acids is 2. The second-order valence-corrected chi connectivity index (χ2v) is 7.74. The van der Waals surface area contributed by atoms with E-state index in [0.717, 1.165) is 0 Å². The molecule has 7 heteroatoms. The van der Waals surface area contributed by atoms with Crippen molar-refractivity contribution in [2.24, 2.45) is 11.8 Å². The molecule has 2 aliphatic carbocycles. The zero-order valence-electron chi connectivity index (χ0n) is 14.5. The minimum absolute atomic E-state index is 0.0792. The third-order valence-electron chi connectivity index (χ3n) is 6.10. The maximum atomic E-state index is 12.2. The Labute approximate surface area is 145 Å². The number of ether oxygens (including phenoxy) is 2. The molecule has 0 unspecified atom stereocenters. The molecule has 2 saturated heterocycles. The van der Waals surface area contributed by atoms with E-state index < -0.39 is 52.8 Å². The van der Waals surface area contributed by atoms with Gasteiger partial charge in [0.05, 0.1) is 11.8 Å². The van der Waals surface area contributed by atoms with E-state index in [9.17, 15) is 14.7 Å². The molecule has 2 aliphatic heterocycles. The summed E-state index contributed by atoms with van der Waals surface area (Å²) in [6.45, 7) is 8.99. The van der Waals surface area contributed by atoms with E-state index in [1.54, 1.807) is 19.9 Å². The molecule has 0 aromatic rings. The smallest absolute Gasteiger partial charge is 0.334 e. The van der Waals surface area contributed by atoms with Gasteiger partial charge in [-0.1, -0.05) is 19.6 Å². The monoisotopic (exact) mass is 350 g/mol.